The molecule has 0 amide bonds. The molecule has 0 radical (unpaired) electrons. The second-order valence-electron chi connectivity index (χ2n) is 5.68. The van der Waals surface area contributed by atoms with Crippen LogP contribution in [-0.2, 0) is 37.9 Å². The molecular formula is C15H28O9. The Kier molecular flexibility index (Phi) is 7.79. The number of hydrogen-bond donors (Lipinski definition) is 1. The molecule has 2 saturated heterocycles. The number of ether oxygens (including phenoxy) is 8. The zero-order chi connectivity index (χ0) is 17.7. The zero-order valence-electron chi connectivity index (χ0n) is 14.7. The van der Waals surface area contributed by atoms with E-state index in [0.717, 1.165) is 0 Å². The first-order valence-corrected chi connectivity index (χ1v) is 7.81. The molecule has 0 saturated carbocycles. The lowest BCUT2D eigenvalue weighted by Gasteiger charge is -2.44. The van der Waals surface area contributed by atoms with Gasteiger partial charge in [0.2, 0.25) is 0 Å². The van der Waals surface area contributed by atoms with Crippen LogP contribution in [0.1, 0.15) is 0 Å². The van der Waals surface area contributed by atoms with Crippen molar-refractivity contribution in [1.29, 1.82) is 0 Å². The van der Waals surface area contributed by atoms with Crippen LogP contribution in [0.4, 0.5) is 0 Å². The third-order valence-electron chi connectivity index (χ3n) is 4.50. The van der Waals surface area contributed by atoms with Gasteiger partial charge >= 0.3 is 0 Å². The predicted molar refractivity (Wildman–Crippen MR) is 80.6 cm³/mol. The van der Waals surface area contributed by atoms with E-state index in [-0.39, 0.29) is 31.5 Å². The number of hydrogen-bond acceptors (Lipinski definition) is 9. The maximum Gasteiger partial charge on any atom is 0.187 e. The van der Waals surface area contributed by atoms with E-state index in [9.17, 15) is 5.11 Å². The van der Waals surface area contributed by atoms with E-state index < -0.39 is 30.9 Å². The summed E-state index contributed by atoms with van der Waals surface area (Å²) in [7, 11) is 7.76. The van der Waals surface area contributed by atoms with Crippen LogP contribution in [0.3, 0.4) is 0 Å². The van der Waals surface area contributed by atoms with Gasteiger partial charge in [0.25, 0.3) is 0 Å². The Morgan fingerprint density at radius 2 is 1.17 bits per heavy atom. The molecule has 4 unspecified atom stereocenters. The average Bonchev–Trinajstić information content (AvgIpc) is 2.62. The minimum Gasteiger partial charge on any atom is -0.376 e. The van der Waals surface area contributed by atoms with Gasteiger partial charge in [0.05, 0.1) is 13.2 Å². The monoisotopic (exact) mass is 352 g/mol. The maximum atomic E-state index is 10.2. The summed E-state index contributed by atoms with van der Waals surface area (Å²) in [6.07, 6.45) is -4.81. The quantitative estimate of drug-likeness (QED) is 0.629. The van der Waals surface area contributed by atoms with E-state index in [0.29, 0.717) is 0 Å². The van der Waals surface area contributed by atoms with Crippen LogP contribution < -0.4 is 0 Å². The van der Waals surface area contributed by atoms with E-state index in [1.807, 2.05) is 0 Å². The van der Waals surface area contributed by atoms with Crippen molar-refractivity contribution >= 4 is 0 Å². The van der Waals surface area contributed by atoms with Gasteiger partial charge in [0.1, 0.15) is 36.6 Å². The van der Waals surface area contributed by atoms with Gasteiger partial charge in [-0.1, -0.05) is 0 Å². The van der Waals surface area contributed by atoms with Crippen LogP contribution in [0.15, 0.2) is 0 Å². The molecule has 0 aromatic heterocycles. The molecule has 142 valence electrons. The van der Waals surface area contributed by atoms with Gasteiger partial charge < -0.3 is 43.0 Å². The van der Waals surface area contributed by atoms with E-state index in [1.165, 1.54) is 14.2 Å². The fraction of sp³-hybridized carbons (Fsp3) is 1.00. The topological polar surface area (TPSA) is 94.1 Å². The summed E-state index contributed by atoms with van der Waals surface area (Å²) < 4.78 is 44.1. The minimum absolute atomic E-state index is 0.210. The van der Waals surface area contributed by atoms with E-state index in [4.69, 9.17) is 37.9 Å². The van der Waals surface area contributed by atoms with E-state index in [1.54, 1.807) is 21.3 Å². The van der Waals surface area contributed by atoms with Crippen LogP contribution in [0.5, 0.6) is 0 Å². The summed E-state index contributed by atoms with van der Waals surface area (Å²) in [6.45, 7) is 0.482. The second-order valence-corrected chi connectivity index (χ2v) is 5.68. The van der Waals surface area contributed by atoms with Gasteiger partial charge in [0.15, 0.2) is 12.6 Å². The molecule has 9 nitrogen and oxygen atoms in total. The average molecular weight is 352 g/mol. The van der Waals surface area contributed by atoms with Crippen molar-refractivity contribution in [3.8, 4) is 0 Å². The Labute approximate surface area is 142 Å². The van der Waals surface area contributed by atoms with Crippen LogP contribution in [-0.4, -0.2) is 103 Å². The van der Waals surface area contributed by atoms with Gasteiger partial charge in [-0.2, -0.15) is 0 Å². The standard InChI is InChI=1S/C15H28O9/c1-17-8-6-22-14(16)12(10(8)19-3)24-15-13(21-5)11(20-4)9(18-2)7-23-15/h8-16H,6-7H2,1-5H3/t8-,9?,10+,11?,12-,13?,14+,15?/m1/s1. The van der Waals surface area contributed by atoms with Gasteiger partial charge in [-0.3, -0.25) is 0 Å². The van der Waals surface area contributed by atoms with E-state index in [2.05, 4.69) is 0 Å². The first-order chi connectivity index (χ1) is 11.6. The molecule has 1 N–H and O–H groups in total. The van der Waals surface area contributed by atoms with Crippen LogP contribution in [0, 0.1) is 0 Å². The predicted octanol–water partition coefficient (Wildman–Crippen LogP) is -0.848. The Morgan fingerprint density at radius 3 is 1.67 bits per heavy atom. The third kappa shape index (κ3) is 4.06. The van der Waals surface area contributed by atoms with Crippen molar-refractivity contribution in [3.63, 3.8) is 0 Å². The van der Waals surface area contributed by atoms with Gasteiger partial charge in [-0.05, 0) is 0 Å². The second kappa shape index (κ2) is 9.37. The summed E-state index contributed by atoms with van der Waals surface area (Å²) in [5, 5.41) is 10.2. The first-order valence-electron chi connectivity index (χ1n) is 7.81. The van der Waals surface area contributed by atoms with Crippen molar-refractivity contribution < 1.29 is 43.0 Å². The summed E-state index contributed by atoms with van der Waals surface area (Å²) in [5.41, 5.74) is 0. The SMILES string of the molecule is COC1COC(O[C@@H]2[C@@H](OC)[C@H](OC)CO[C@@H]2O)C(OC)C1OC. The van der Waals surface area contributed by atoms with E-state index >= 15 is 0 Å². The fourth-order valence-corrected chi connectivity index (χ4v) is 3.14. The van der Waals surface area contributed by atoms with Crippen LogP contribution in [0.2, 0.25) is 0 Å². The third-order valence-corrected chi connectivity index (χ3v) is 4.50. The molecule has 9 heteroatoms. The Balaban J connectivity index is 2.11. The fourth-order valence-electron chi connectivity index (χ4n) is 3.14. The van der Waals surface area contributed by atoms with Crippen LogP contribution >= 0.6 is 0 Å². The summed E-state index contributed by atoms with van der Waals surface area (Å²) in [4.78, 5) is 0. The molecule has 2 rings (SSSR count). The molecule has 0 aliphatic carbocycles. The van der Waals surface area contributed by atoms with Gasteiger partial charge in [-0.15, -0.1) is 0 Å². The van der Waals surface area contributed by atoms with Crippen molar-refractivity contribution in [2.45, 2.75) is 49.2 Å². The molecule has 8 atom stereocenters. The zero-order valence-corrected chi connectivity index (χ0v) is 14.7. The Bertz CT molecular complexity index is 369. The number of aliphatic hydroxyl groups excluding tert-OH is 1. The minimum atomic E-state index is -1.16. The Hall–Kier alpha value is -0.360. The lowest BCUT2D eigenvalue weighted by Crippen LogP contribution is -2.61. The summed E-state index contributed by atoms with van der Waals surface area (Å²) >= 11 is 0. The molecule has 0 spiro atoms. The van der Waals surface area contributed by atoms with Crippen LogP contribution in [0.25, 0.3) is 0 Å². The highest BCUT2D eigenvalue weighted by molar-refractivity contribution is 4.90. The molecule has 2 fully saturated rings. The van der Waals surface area contributed by atoms with Crippen molar-refractivity contribution in [2.75, 3.05) is 48.8 Å². The molecule has 24 heavy (non-hydrogen) atoms. The molecule has 2 aliphatic rings. The highest BCUT2D eigenvalue weighted by Crippen LogP contribution is 2.28. The normalized spacial score (nSPS) is 43.8. The lowest BCUT2D eigenvalue weighted by atomic mass is 10.0. The number of rotatable bonds is 7. The van der Waals surface area contributed by atoms with Gasteiger partial charge in [0, 0.05) is 35.5 Å². The van der Waals surface area contributed by atoms with Crippen molar-refractivity contribution in [1.82, 2.24) is 0 Å². The van der Waals surface area contributed by atoms with Crippen molar-refractivity contribution in [2.24, 2.45) is 0 Å². The highest BCUT2D eigenvalue weighted by Gasteiger charge is 2.48. The largest absolute Gasteiger partial charge is 0.376 e. The molecule has 0 bridgehead atoms. The molecular weight excluding hydrogens is 324 g/mol. The lowest BCUT2D eigenvalue weighted by molar-refractivity contribution is -0.344. The van der Waals surface area contributed by atoms with Crippen molar-refractivity contribution in [3.05, 3.63) is 0 Å². The van der Waals surface area contributed by atoms with Gasteiger partial charge in [-0.25, -0.2) is 0 Å². The smallest absolute Gasteiger partial charge is 0.187 e. The molecule has 0 aromatic carbocycles. The molecule has 2 heterocycles. The molecule has 0 aromatic rings. The number of methoxy groups -OCH3 is 5. The Morgan fingerprint density at radius 1 is 0.667 bits per heavy atom. The summed E-state index contributed by atoms with van der Waals surface area (Å²) in [6, 6.07) is 0. The molecule has 2 aliphatic heterocycles. The first kappa shape index (κ1) is 20.0. The highest BCUT2D eigenvalue weighted by atomic mass is 16.7. The summed E-state index contributed by atoms with van der Waals surface area (Å²) in [5.74, 6) is 0. The maximum absolute atomic E-state index is 10.2. The number of aliphatic hydroxyl groups is 1.